The summed E-state index contributed by atoms with van der Waals surface area (Å²) >= 11 is 0. The van der Waals surface area contributed by atoms with Crippen molar-refractivity contribution in [3.05, 3.63) is 12.2 Å². The molecule has 10 heteroatoms. The second-order valence-corrected chi connectivity index (χ2v) is 18.8. The Bertz CT molecular complexity index is 995. The molecule has 0 rings (SSSR count). The largest absolute Gasteiger partial charge is 0.472 e. The van der Waals surface area contributed by atoms with E-state index in [0.717, 1.165) is 32.1 Å². The maximum atomic E-state index is 12.7. The molecule has 2 atom stereocenters. The lowest BCUT2D eigenvalue weighted by atomic mass is 10.0. The van der Waals surface area contributed by atoms with Gasteiger partial charge >= 0.3 is 19.8 Å². The molecule has 0 amide bonds. The molecule has 0 saturated carbocycles. The highest BCUT2D eigenvalue weighted by Gasteiger charge is 2.26. The number of esters is 2. The molecule has 0 aromatic carbocycles. The molecule has 0 aromatic rings. The van der Waals surface area contributed by atoms with Crippen molar-refractivity contribution in [2.24, 2.45) is 0 Å². The Morgan fingerprint density at radius 3 is 1.23 bits per heavy atom. The summed E-state index contributed by atoms with van der Waals surface area (Å²) in [6.07, 6.45) is 49.7. The number of phosphoric ester groups is 1. The molecule has 0 aliphatic rings. The molecule has 356 valence electrons. The van der Waals surface area contributed by atoms with E-state index in [0.29, 0.717) is 19.4 Å². The zero-order chi connectivity index (χ0) is 43.9. The zero-order valence-electron chi connectivity index (χ0n) is 39.7. The summed E-state index contributed by atoms with van der Waals surface area (Å²) < 4.78 is 33.4. The van der Waals surface area contributed by atoms with E-state index in [9.17, 15) is 19.0 Å². The molecule has 0 saturated heterocycles. The van der Waals surface area contributed by atoms with Gasteiger partial charge < -0.3 is 19.7 Å². The number of hydrogen-bond acceptors (Lipinski definition) is 8. The quantitative estimate of drug-likeness (QED) is 0.0266. The number of carbonyl (C=O) groups excluding carboxylic acids is 2. The highest BCUT2D eigenvalue weighted by Crippen LogP contribution is 2.43. The summed E-state index contributed by atoms with van der Waals surface area (Å²) in [5, 5.41) is 2.83. The Morgan fingerprint density at radius 1 is 0.500 bits per heavy atom. The third-order valence-corrected chi connectivity index (χ3v) is 12.4. The number of rotatable bonds is 49. The molecule has 0 aromatic heterocycles. The van der Waals surface area contributed by atoms with Gasteiger partial charge in [-0.25, -0.2) is 4.57 Å². The molecule has 60 heavy (non-hydrogen) atoms. The van der Waals surface area contributed by atoms with E-state index in [1.165, 1.54) is 193 Å². The fraction of sp³-hybridized carbons (Fsp3) is 0.920. The number of carbonyl (C=O) groups is 2. The lowest BCUT2D eigenvalue weighted by Gasteiger charge is -2.20. The smallest absolute Gasteiger partial charge is 0.462 e. The van der Waals surface area contributed by atoms with Gasteiger partial charge in [0.05, 0.1) is 13.2 Å². The normalized spacial score (nSPS) is 13.2. The average molecular weight is 872 g/mol. The number of allylic oxidation sites excluding steroid dienone is 2. The Labute approximate surface area is 371 Å². The highest BCUT2D eigenvalue weighted by atomic mass is 31.2. The monoisotopic (exact) mass is 872 g/mol. The number of nitrogens with one attached hydrogen (secondary N) is 1. The molecule has 0 bridgehead atoms. The van der Waals surface area contributed by atoms with Gasteiger partial charge in [0.2, 0.25) is 0 Å². The van der Waals surface area contributed by atoms with Crippen LogP contribution < -0.4 is 5.32 Å². The van der Waals surface area contributed by atoms with Crippen molar-refractivity contribution in [2.45, 2.75) is 264 Å². The Balaban J connectivity index is 4.08. The van der Waals surface area contributed by atoms with Gasteiger partial charge in [0, 0.05) is 19.4 Å². The molecule has 0 fully saturated rings. The van der Waals surface area contributed by atoms with Crippen molar-refractivity contribution in [1.29, 1.82) is 0 Å². The summed E-state index contributed by atoms with van der Waals surface area (Å²) in [6.45, 7) is 4.28. The van der Waals surface area contributed by atoms with Gasteiger partial charge in [0.1, 0.15) is 6.61 Å². The summed E-state index contributed by atoms with van der Waals surface area (Å²) in [5.41, 5.74) is 0. The van der Waals surface area contributed by atoms with E-state index in [1.807, 2.05) is 0 Å². The molecule has 0 spiro atoms. The zero-order valence-corrected chi connectivity index (χ0v) is 40.6. The molecule has 0 aliphatic heterocycles. The predicted octanol–water partition coefficient (Wildman–Crippen LogP) is 15.2. The maximum absolute atomic E-state index is 12.7. The van der Waals surface area contributed by atoms with Crippen LogP contribution in [0.15, 0.2) is 12.2 Å². The van der Waals surface area contributed by atoms with Crippen molar-refractivity contribution < 1.29 is 37.6 Å². The van der Waals surface area contributed by atoms with Gasteiger partial charge in [-0.15, -0.1) is 0 Å². The summed E-state index contributed by atoms with van der Waals surface area (Å²) in [7, 11) is -2.64. The van der Waals surface area contributed by atoms with E-state index >= 15 is 0 Å². The number of ether oxygens (including phenoxy) is 2. The molecule has 0 radical (unpaired) electrons. The van der Waals surface area contributed by atoms with Gasteiger partial charge in [-0.3, -0.25) is 18.6 Å². The van der Waals surface area contributed by atoms with Crippen LogP contribution in [-0.4, -0.2) is 56.3 Å². The van der Waals surface area contributed by atoms with Crippen molar-refractivity contribution in [3.63, 3.8) is 0 Å². The van der Waals surface area contributed by atoms with Gasteiger partial charge in [-0.1, -0.05) is 219 Å². The summed E-state index contributed by atoms with van der Waals surface area (Å²) in [5.74, 6) is -0.792. The standard InChI is InChI=1S/C50H98NO8P/c1-4-6-8-10-12-14-16-18-20-22-24-26-28-30-32-34-36-38-40-42-49(52)56-46-48(47-58-60(54,55)57-45-44-51-3)59-50(53)43-41-39-37-35-33-31-29-27-25-23-21-19-17-15-13-11-9-7-5-2/h18,20,48,51H,4-17,19,21-47H2,1-3H3,(H,54,55)/b20-18-. The van der Waals surface area contributed by atoms with Crippen LogP contribution in [0.2, 0.25) is 0 Å². The number of likely N-dealkylation sites (N-methyl/N-ethyl adjacent to an activating group) is 1. The van der Waals surface area contributed by atoms with Crippen molar-refractivity contribution in [2.75, 3.05) is 33.4 Å². The minimum atomic E-state index is -4.35. The van der Waals surface area contributed by atoms with E-state index in [-0.39, 0.29) is 25.6 Å². The predicted molar refractivity (Wildman–Crippen MR) is 252 cm³/mol. The first-order chi connectivity index (χ1) is 29.3. The molecular weight excluding hydrogens is 774 g/mol. The molecule has 2 N–H and O–H groups in total. The van der Waals surface area contributed by atoms with Crippen LogP contribution in [0, 0.1) is 0 Å². The number of hydrogen-bond donors (Lipinski definition) is 2. The van der Waals surface area contributed by atoms with Crippen molar-refractivity contribution in [3.8, 4) is 0 Å². The van der Waals surface area contributed by atoms with Gasteiger partial charge in [0.25, 0.3) is 0 Å². The Hall–Kier alpha value is -1.25. The summed E-state index contributed by atoms with van der Waals surface area (Å²) in [6, 6.07) is 0. The van der Waals surface area contributed by atoms with Gasteiger partial charge in [-0.2, -0.15) is 0 Å². The number of phosphoric acid groups is 1. The lowest BCUT2D eigenvalue weighted by Crippen LogP contribution is -2.29. The van der Waals surface area contributed by atoms with Crippen LogP contribution in [0.5, 0.6) is 0 Å². The second-order valence-electron chi connectivity index (χ2n) is 17.4. The van der Waals surface area contributed by atoms with Crippen LogP contribution in [0.1, 0.15) is 258 Å². The van der Waals surface area contributed by atoms with Crippen molar-refractivity contribution >= 4 is 19.8 Å². The third-order valence-electron chi connectivity index (χ3n) is 11.4. The summed E-state index contributed by atoms with van der Waals surface area (Å²) in [4.78, 5) is 35.2. The van der Waals surface area contributed by atoms with Gasteiger partial charge in [0.15, 0.2) is 6.10 Å². The van der Waals surface area contributed by atoms with E-state index in [4.69, 9.17) is 18.5 Å². The van der Waals surface area contributed by atoms with Crippen LogP contribution in [0.3, 0.4) is 0 Å². The van der Waals surface area contributed by atoms with Gasteiger partial charge in [-0.05, 0) is 45.6 Å². The minimum Gasteiger partial charge on any atom is -0.462 e. The Morgan fingerprint density at radius 2 is 0.850 bits per heavy atom. The van der Waals surface area contributed by atoms with Crippen LogP contribution in [0.4, 0.5) is 0 Å². The first kappa shape index (κ1) is 58.8. The van der Waals surface area contributed by atoms with Crippen LogP contribution in [-0.2, 0) is 32.7 Å². The first-order valence-electron chi connectivity index (χ1n) is 25.6. The molecule has 0 aliphatic carbocycles. The SMILES string of the molecule is CCCCCCCC/C=C\CCCCCCCCCCCC(=O)OCC(COP(=O)(O)OCCNC)OC(=O)CCCCCCCCCCCCCCCCCCCCC. The highest BCUT2D eigenvalue weighted by molar-refractivity contribution is 7.47. The molecule has 0 heterocycles. The first-order valence-corrected chi connectivity index (χ1v) is 27.1. The fourth-order valence-corrected chi connectivity index (χ4v) is 8.24. The van der Waals surface area contributed by atoms with E-state index in [2.05, 4.69) is 31.3 Å². The number of unbranched alkanes of at least 4 members (excludes halogenated alkanes) is 33. The van der Waals surface area contributed by atoms with E-state index in [1.54, 1.807) is 7.05 Å². The topological polar surface area (TPSA) is 120 Å². The molecule has 9 nitrogen and oxygen atoms in total. The lowest BCUT2D eigenvalue weighted by molar-refractivity contribution is -0.161. The van der Waals surface area contributed by atoms with Crippen LogP contribution >= 0.6 is 7.82 Å². The Kier molecular flexibility index (Phi) is 46.3. The third kappa shape index (κ3) is 46.3. The minimum absolute atomic E-state index is 0.0135. The fourth-order valence-electron chi connectivity index (χ4n) is 7.49. The van der Waals surface area contributed by atoms with Crippen molar-refractivity contribution in [1.82, 2.24) is 5.32 Å². The van der Waals surface area contributed by atoms with E-state index < -0.39 is 26.5 Å². The second kappa shape index (κ2) is 47.2. The van der Waals surface area contributed by atoms with Crippen LogP contribution in [0.25, 0.3) is 0 Å². The maximum Gasteiger partial charge on any atom is 0.472 e. The average Bonchev–Trinajstić information content (AvgIpc) is 3.23. The molecular formula is C50H98NO8P. The molecule has 2 unspecified atom stereocenters.